The Morgan fingerprint density at radius 1 is 1.06 bits per heavy atom. The molecule has 4 rings (SSSR count). The zero-order chi connectivity index (χ0) is 23.8. The van der Waals surface area contributed by atoms with Crippen LogP contribution in [-0.2, 0) is 18.4 Å². The molecule has 0 spiro atoms. The van der Waals surface area contributed by atoms with Crippen LogP contribution in [0.5, 0.6) is 5.75 Å². The SMILES string of the molecule is Cn1c(SCC(=O)N/N=C\c2ccccc2OCc2ccc(Br)cc2)nnc1-c1ccccc1. The highest BCUT2D eigenvalue weighted by molar-refractivity contribution is 9.10. The largest absolute Gasteiger partial charge is 0.488 e. The Labute approximate surface area is 210 Å². The Balaban J connectivity index is 1.30. The molecule has 1 N–H and O–H groups in total. The Hall–Kier alpha value is -3.43. The normalized spacial score (nSPS) is 11.0. The van der Waals surface area contributed by atoms with Gasteiger partial charge in [-0.15, -0.1) is 10.2 Å². The highest BCUT2D eigenvalue weighted by Crippen LogP contribution is 2.22. The maximum absolute atomic E-state index is 12.3. The van der Waals surface area contributed by atoms with Crippen LogP contribution in [0.1, 0.15) is 11.1 Å². The number of hydrogen-bond acceptors (Lipinski definition) is 6. The minimum atomic E-state index is -0.237. The lowest BCUT2D eigenvalue weighted by molar-refractivity contribution is -0.118. The van der Waals surface area contributed by atoms with Crippen LogP contribution in [0.25, 0.3) is 11.4 Å². The van der Waals surface area contributed by atoms with Gasteiger partial charge >= 0.3 is 0 Å². The van der Waals surface area contributed by atoms with E-state index in [2.05, 4.69) is 36.7 Å². The van der Waals surface area contributed by atoms with Gasteiger partial charge < -0.3 is 9.30 Å². The van der Waals surface area contributed by atoms with Crippen molar-refractivity contribution in [2.75, 3.05) is 5.75 Å². The molecule has 0 fully saturated rings. The van der Waals surface area contributed by atoms with Crippen molar-refractivity contribution in [1.82, 2.24) is 20.2 Å². The second-order valence-corrected chi connectivity index (χ2v) is 9.12. The molecule has 1 aromatic heterocycles. The van der Waals surface area contributed by atoms with Gasteiger partial charge in [0.2, 0.25) is 0 Å². The van der Waals surface area contributed by atoms with Gasteiger partial charge in [0.25, 0.3) is 5.91 Å². The van der Waals surface area contributed by atoms with E-state index in [1.54, 1.807) is 6.21 Å². The first-order valence-electron chi connectivity index (χ1n) is 10.5. The van der Waals surface area contributed by atoms with Crippen molar-refractivity contribution in [2.45, 2.75) is 11.8 Å². The second-order valence-electron chi connectivity index (χ2n) is 7.27. The van der Waals surface area contributed by atoms with Crippen LogP contribution in [0, 0.1) is 0 Å². The number of amides is 1. The fourth-order valence-electron chi connectivity index (χ4n) is 3.08. The summed E-state index contributed by atoms with van der Waals surface area (Å²) in [6.45, 7) is 0.434. The number of hydrogen-bond donors (Lipinski definition) is 1. The third kappa shape index (κ3) is 6.33. The topological polar surface area (TPSA) is 81.4 Å². The number of hydrazone groups is 1. The molecule has 0 saturated carbocycles. The number of halogens is 1. The molecule has 0 aliphatic rings. The van der Waals surface area contributed by atoms with E-state index in [0.717, 1.165) is 27.0 Å². The molecule has 0 radical (unpaired) electrons. The van der Waals surface area contributed by atoms with Gasteiger partial charge in [-0.3, -0.25) is 4.79 Å². The first-order valence-corrected chi connectivity index (χ1v) is 12.2. The van der Waals surface area contributed by atoms with Crippen LogP contribution in [0.4, 0.5) is 0 Å². The highest BCUT2D eigenvalue weighted by Gasteiger charge is 2.12. The highest BCUT2D eigenvalue weighted by atomic mass is 79.9. The molecule has 0 atom stereocenters. The molecule has 0 bridgehead atoms. The van der Waals surface area contributed by atoms with Crippen LogP contribution in [0.15, 0.2) is 93.6 Å². The van der Waals surface area contributed by atoms with Gasteiger partial charge in [-0.25, -0.2) is 5.43 Å². The summed E-state index contributed by atoms with van der Waals surface area (Å²) in [4.78, 5) is 12.3. The standard InChI is InChI=1S/C25H22BrN5O2S/c1-31-24(19-7-3-2-4-8-19)29-30-25(31)34-17-23(32)28-27-15-20-9-5-6-10-22(20)33-16-18-11-13-21(26)14-12-18/h2-15H,16-17H2,1H3,(H,28,32)/b27-15-. The number of carbonyl (C=O) groups is 1. The lowest BCUT2D eigenvalue weighted by atomic mass is 10.2. The predicted molar refractivity (Wildman–Crippen MR) is 138 cm³/mol. The first kappa shape index (κ1) is 23.7. The van der Waals surface area contributed by atoms with Crippen molar-refractivity contribution in [3.8, 4) is 17.1 Å². The van der Waals surface area contributed by atoms with E-state index >= 15 is 0 Å². The molecule has 9 heteroatoms. The van der Waals surface area contributed by atoms with Crippen molar-refractivity contribution in [3.05, 3.63) is 94.5 Å². The summed E-state index contributed by atoms with van der Waals surface area (Å²) < 4.78 is 8.83. The lowest BCUT2D eigenvalue weighted by Gasteiger charge is -2.09. The Bertz CT molecular complexity index is 1280. The molecule has 0 aliphatic heterocycles. The van der Waals surface area contributed by atoms with Crippen molar-refractivity contribution < 1.29 is 9.53 Å². The molecular formula is C25H22BrN5O2S. The molecule has 1 heterocycles. The maximum atomic E-state index is 12.3. The van der Waals surface area contributed by atoms with E-state index in [0.29, 0.717) is 17.5 Å². The fraction of sp³-hybridized carbons (Fsp3) is 0.120. The average Bonchev–Trinajstić information content (AvgIpc) is 3.24. The number of nitrogens with zero attached hydrogens (tertiary/aromatic N) is 4. The monoisotopic (exact) mass is 535 g/mol. The van der Waals surface area contributed by atoms with Crippen molar-refractivity contribution in [3.63, 3.8) is 0 Å². The zero-order valence-electron chi connectivity index (χ0n) is 18.4. The lowest BCUT2D eigenvalue weighted by Crippen LogP contribution is -2.20. The summed E-state index contributed by atoms with van der Waals surface area (Å²) in [5, 5.41) is 13.2. The van der Waals surface area contributed by atoms with Gasteiger partial charge in [-0.1, -0.05) is 82.3 Å². The smallest absolute Gasteiger partial charge is 0.250 e. The fourth-order valence-corrected chi connectivity index (χ4v) is 4.04. The molecular weight excluding hydrogens is 514 g/mol. The predicted octanol–water partition coefficient (Wildman–Crippen LogP) is 5.07. The number of aromatic nitrogens is 3. The van der Waals surface area contributed by atoms with Gasteiger partial charge in [0.05, 0.1) is 12.0 Å². The summed E-state index contributed by atoms with van der Waals surface area (Å²) in [7, 11) is 1.88. The minimum absolute atomic E-state index is 0.166. The number of thioether (sulfide) groups is 1. The molecule has 0 saturated heterocycles. The number of carbonyl (C=O) groups excluding carboxylic acids is 1. The molecule has 7 nitrogen and oxygen atoms in total. The zero-order valence-corrected chi connectivity index (χ0v) is 20.8. The third-order valence-corrected chi connectivity index (χ3v) is 6.37. The van der Waals surface area contributed by atoms with Crippen molar-refractivity contribution in [2.24, 2.45) is 12.1 Å². The number of benzene rings is 3. The molecule has 0 aliphatic carbocycles. The first-order chi connectivity index (χ1) is 16.6. The summed E-state index contributed by atoms with van der Waals surface area (Å²) >= 11 is 4.73. The molecule has 172 valence electrons. The number of nitrogens with one attached hydrogen (secondary N) is 1. The van der Waals surface area contributed by atoms with E-state index in [1.165, 1.54) is 11.8 Å². The summed E-state index contributed by atoms with van der Waals surface area (Å²) in [6, 6.07) is 25.3. The maximum Gasteiger partial charge on any atom is 0.250 e. The second kappa shape index (κ2) is 11.6. The Morgan fingerprint density at radius 3 is 2.59 bits per heavy atom. The van der Waals surface area contributed by atoms with Crippen LogP contribution in [0.2, 0.25) is 0 Å². The van der Waals surface area contributed by atoms with Crippen LogP contribution >= 0.6 is 27.7 Å². The van der Waals surface area contributed by atoms with E-state index in [4.69, 9.17) is 4.74 Å². The third-order valence-electron chi connectivity index (χ3n) is 4.82. The van der Waals surface area contributed by atoms with E-state index in [-0.39, 0.29) is 11.7 Å². The summed E-state index contributed by atoms with van der Waals surface area (Å²) in [6.07, 6.45) is 1.58. The number of para-hydroxylation sites is 1. The van der Waals surface area contributed by atoms with Gasteiger partial charge in [-0.05, 0) is 29.8 Å². The van der Waals surface area contributed by atoms with E-state index in [1.807, 2.05) is 90.5 Å². The quantitative estimate of drug-likeness (QED) is 0.184. The van der Waals surface area contributed by atoms with Gasteiger partial charge in [0.15, 0.2) is 11.0 Å². The molecule has 34 heavy (non-hydrogen) atoms. The van der Waals surface area contributed by atoms with E-state index < -0.39 is 0 Å². The summed E-state index contributed by atoms with van der Waals surface area (Å²) in [5.41, 5.74) is 5.36. The minimum Gasteiger partial charge on any atom is -0.488 e. The average molecular weight is 536 g/mol. The van der Waals surface area contributed by atoms with Crippen molar-refractivity contribution in [1.29, 1.82) is 0 Å². The summed E-state index contributed by atoms with van der Waals surface area (Å²) in [5.74, 6) is 1.37. The molecule has 0 unspecified atom stereocenters. The number of rotatable bonds is 9. The van der Waals surface area contributed by atoms with Crippen LogP contribution in [0.3, 0.4) is 0 Å². The van der Waals surface area contributed by atoms with Gasteiger partial charge in [0.1, 0.15) is 12.4 Å². The van der Waals surface area contributed by atoms with Crippen LogP contribution < -0.4 is 10.2 Å². The molecule has 4 aromatic rings. The molecule has 1 amide bonds. The van der Waals surface area contributed by atoms with Crippen molar-refractivity contribution >= 4 is 39.8 Å². The van der Waals surface area contributed by atoms with E-state index in [9.17, 15) is 4.79 Å². The van der Waals surface area contributed by atoms with Gasteiger partial charge in [0, 0.05) is 22.6 Å². The van der Waals surface area contributed by atoms with Crippen LogP contribution in [-0.4, -0.2) is 32.6 Å². The molecule has 3 aromatic carbocycles. The Kier molecular flexibility index (Phi) is 8.11. The number of ether oxygens (including phenoxy) is 1. The Morgan fingerprint density at radius 2 is 1.79 bits per heavy atom. The van der Waals surface area contributed by atoms with Gasteiger partial charge in [-0.2, -0.15) is 5.10 Å².